The van der Waals surface area contributed by atoms with E-state index in [1.165, 1.54) is 12.1 Å². The van der Waals surface area contributed by atoms with Crippen LogP contribution in [0.1, 0.15) is 31.1 Å². The molecule has 2 aromatic carbocycles. The number of benzene rings is 2. The minimum absolute atomic E-state index is 0.220. The zero-order valence-corrected chi connectivity index (χ0v) is 12.3. The second-order valence-corrected chi connectivity index (χ2v) is 5.27. The monoisotopic (exact) mass is 318 g/mol. The van der Waals surface area contributed by atoms with Crippen LogP contribution in [0.3, 0.4) is 0 Å². The van der Waals surface area contributed by atoms with Crippen molar-refractivity contribution in [3.05, 3.63) is 77.6 Å². The Labute approximate surface area is 136 Å². The van der Waals surface area contributed by atoms with Gasteiger partial charge in [0.1, 0.15) is 0 Å². The Kier molecular flexibility index (Phi) is 3.09. The smallest absolute Gasteiger partial charge is 0.324 e. The Morgan fingerprint density at radius 2 is 1.62 bits per heavy atom. The number of rotatable bonds is 2. The van der Waals surface area contributed by atoms with Crippen molar-refractivity contribution >= 4 is 28.6 Å². The molecule has 3 aromatic rings. The summed E-state index contributed by atoms with van der Waals surface area (Å²) in [6.45, 7) is 0. The van der Waals surface area contributed by atoms with Crippen molar-refractivity contribution in [3.63, 3.8) is 0 Å². The number of fused-ring (bicyclic) bond motifs is 2. The molecule has 24 heavy (non-hydrogen) atoms. The standard InChI is InChI=1S/C18H10N2O4/c21-16-14-3-1-2-4-15(14)17(22)20(16)24-18(23)12-6-5-11-7-8-19-10-13(11)9-12/h1-10H. The fourth-order valence-corrected chi connectivity index (χ4v) is 2.60. The molecule has 0 N–H and O–H groups in total. The van der Waals surface area contributed by atoms with Crippen LogP contribution < -0.4 is 0 Å². The number of nitrogens with zero attached hydrogens (tertiary/aromatic N) is 2. The van der Waals surface area contributed by atoms with Gasteiger partial charge in [0.15, 0.2) is 0 Å². The van der Waals surface area contributed by atoms with Gasteiger partial charge in [0.25, 0.3) is 11.8 Å². The van der Waals surface area contributed by atoms with E-state index in [1.54, 1.807) is 42.7 Å². The normalized spacial score (nSPS) is 13.2. The third-order valence-electron chi connectivity index (χ3n) is 3.81. The van der Waals surface area contributed by atoms with E-state index in [1.807, 2.05) is 6.07 Å². The molecule has 1 aromatic heterocycles. The van der Waals surface area contributed by atoms with Crippen molar-refractivity contribution in [1.29, 1.82) is 0 Å². The van der Waals surface area contributed by atoms with E-state index in [0.717, 1.165) is 10.8 Å². The van der Waals surface area contributed by atoms with Crippen LogP contribution >= 0.6 is 0 Å². The quantitative estimate of drug-likeness (QED) is 0.679. The van der Waals surface area contributed by atoms with Gasteiger partial charge in [-0.25, -0.2) is 4.79 Å². The van der Waals surface area contributed by atoms with E-state index in [0.29, 0.717) is 5.06 Å². The summed E-state index contributed by atoms with van der Waals surface area (Å²) in [7, 11) is 0. The first-order valence-corrected chi connectivity index (χ1v) is 7.19. The highest BCUT2D eigenvalue weighted by Gasteiger charge is 2.38. The number of hydrogen-bond donors (Lipinski definition) is 0. The highest BCUT2D eigenvalue weighted by Crippen LogP contribution is 2.24. The number of hydrogen-bond acceptors (Lipinski definition) is 5. The molecule has 6 nitrogen and oxygen atoms in total. The Balaban J connectivity index is 1.62. The summed E-state index contributed by atoms with van der Waals surface area (Å²) >= 11 is 0. The average molecular weight is 318 g/mol. The molecule has 1 aliphatic rings. The van der Waals surface area contributed by atoms with Gasteiger partial charge in [-0.2, -0.15) is 0 Å². The second kappa shape index (κ2) is 5.27. The van der Waals surface area contributed by atoms with E-state index >= 15 is 0 Å². The third-order valence-corrected chi connectivity index (χ3v) is 3.81. The number of hydroxylamine groups is 2. The summed E-state index contributed by atoms with van der Waals surface area (Å²) in [6, 6.07) is 13.1. The average Bonchev–Trinajstić information content (AvgIpc) is 2.86. The second-order valence-electron chi connectivity index (χ2n) is 5.27. The molecule has 0 saturated heterocycles. The van der Waals surface area contributed by atoms with E-state index < -0.39 is 17.8 Å². The van der Waals surface area contributed by atoms with Crippen LogP contribution in [0, 0.1) is 0 Å². The van der Waals surface area contributed by atoms with Crippen LogP contribution in [0.4, 0.5) is 0 Å². The number of imide groups is 1. The lowest BCUT2D eigenvalue weighted by molar-refractivity contribution is -0.0584. The molecule has 0 aliphatic carbocycles. The Morgan fingerprint density at radius 3 is 2.33 bits per heavy atom. The molecule has 0 spiro atoms. The molecular formula is C18H10N2O4. The summed E-state index contributed by atoms with van der Waals surface area (Å²) < 4.78 is 0. The molecule has 0 bridgehead atoms. The topological polar surface area (TPSA) is 76.6 Å². The summed E-state index contributed by atoms with van der Waals surface area (Å²) in [5, 5.41) is 2.18. The Hall–Kier alpha value is -3.54. The fourth-order valence-electron chi connectivity index (χ4n) is 2.60. The van der Waals surface area contributed by atoms with Gasteiger partial charge in [0.05, 0.1) is 16.7 Å². The zero-order valence-electron chi connectivity index (χ0n) is 12.3. The molecule has 4 rings (SSSR count). The molecular weight excluding hydrogens is 308 g/mol. The van der Waals surface area contributed by atoms with Gasteiger partial charge in [-0.05, 0) is 35.7 Å². The summed E-state index contributed by atoms with van der Waals surface area (Å²) in [6.07, 6.45) is 3.27. The van der Waals surface area contributed by atoms with Gasteiger partial charge < -0.3 is 4.84 Å². The molecule has 0 saturated carbocycles. The van der Waals surface area contributed by atoms with Gasteiger partial charge in [-0.1, -0.05) is 23.3 Å². The number of carbonyl (C=O) groups is 3. The number of amides is 2. The lowest BCUT2D eigenvalue weighted by atomic mass is 10.1. The van der Waals surface area contributed by atoms with Crippen LogP contribution in [-0.4, -0.2) is 27.8 Å². The van der Waals surface area contributed by atoms with Gasteiger partial charge >= 0.3 is 5.97 Å². The van der Waals surface area contributed by atoms with Crippen molar-refractivity contribution in [3.8, 4) is 0 Å². The van der Waals surface area contributed by atoms with Crippen molar-refractivity contribution < 1.29 is 19.2 Å². The summed E-state index contributed by atoms with van der Waals surface area (Å²) in [4.78, 5) is 45.7. The SMILES string of the molecule is O=C(ON1C(=O)c2ccccc2C1=O)c1ccc2ccncc2c1. The lowest BCUT2D eigenvalue weighted by Gasteiger charge is -2.12. The van der Waals surface area contributed by atoms with Crippen LogP contribution in [0.15, 0.2) is 60.9 Å². The van der Waals surface area contributed by atoms with Gasteiger partial charge in [-0.15, -0.1) is 0 Å². The zero-order chi connectivity index (χ0) is 16.7. The highest BCUT2D eigenvalue weighted by molar-refractivity contribution is 6.21. The van der Waals surface area contributed by atoms with E-state index in [-0.39, 0.29) is 16.7 Å². The summed E-state index contributed by atoms with van der Waals surface area (Å²) in [5.74, 6) is -2.08. The number of pyridine rings is 1. The summed E-state index contributed by atoms with van der Waals surface area (Å²) in [5.41, 5.74) is 0.670. The molecule has 0 atom stereocenters. The predicted molar refractivity (Wildman–Crippen MR) is 84.1 cm³/mol. The van der Waals surface area contributed by atoms with Crippen LogP contribution in [0.5, 0.6) is 0 Å². The van der Waals surface area contributed by atoms with Crippen molar-refractivity contribution in [2.45, 2.75) is 0 Å². The molecule has 2 heterocycles. The fraction of sp³-hybridized carbons (Fsp3) is 0. The first-order chi connectivity index (χ1) is 11.6. The van der Waals surface area contributed by atoms with Crippen molar-refractivity contribution in [2.24, 2.45) is 0 Å². The molecule has 116 valence electrons. The minimum atomic E-state index is -0.782. The minimum Gasteiger partial charge on any atom is -0.324 e. The maximum atomic E-state index is 12.3. The molecule has 1 aliphatic heterocycles. The molecule has 0 unspecified atom stereocenters. The first-order valence-electron chi connectivity index (χ1n) is 7.19. The van der Waals surface area contributed by atoms with Crippen molar-refractivity contribution in [2.75, 3.05) is 0 Å². The molecule has 2 amide bonds. The number of carbonyl (C=O) groups excluding carboxylic acids is 3. The molecule has 6 heteroatoms. The maximum absolute atomic E-state index is 12.3. The van der Waals surface area contributed by atoms with E-state index in [2.05, 4.69) is 4.98 Å². The van der Waals surface area contributed by atoms with Crippen LogP contribution in [0.25, 0.3) is 10.8 Å². The van der Waals surface area contributed by atoms with Gasteiger partial charge in [0, 0.05) is 17.8 Å². The van der Waals surface area contributed by atoms with Gasteiger partial charge in [0.2, 0.25) is 0 Å². The Bertz CT molecular complexity index is 978. The number of aromatic nitrogens is 1. The first kappa shape index (κ1) is 14.1. The third kappa shape index (κ3) is 2.13. The van der Waals surface area contributed by atoms with Crippen molar-refractivity contribution in [1.82, 2.24) is 10.0 Å². The molecule has 0 radical (unpaired) electrons. The Morgan fingerprint density at radius 1 is 0.917 bits per heavy atom. The predicted octanol–water partition coefficient (Wildman–Crippen LogP) is 2.60. The largest absolute Gasteiger partial charge is 0.363 e. The van der Waals surface area contributed by atoms with E-state index in [9.17, 15) is 14.4 Å². The van der Waals surface area contributed by atoms with Crippen LogP contribution in [0.2, 0.25) is 0 Å². The van der Waals surface area contributed by atoms with Gasteiger partial charge in [-0.3, -0.25) is 14.6 Å². The maximum Gasteiger partial charge on any atom is 0.363 e. The van der Waals surface area contributed by atoms with E-state index in [4.69, 9.17) is 4.84 Å². The van der Waals surface area contributed by atoms with Crippen LogP contribution in [-0.2, 0) is 4.84 Å². The lowest BCUT2D eigenvalue weighted by Crippen LogP contribution is -2.32. The highest BCUT2D eigenvalue weighted by atomic mass is 16.7. The molecule has 0 fully saturated rings.